The van der Waals surface area contributed by atoms with Crippen molar-refractivity contribution in [2.45, 2.75) is 13.3 Å². The highest BCUT2D eigenvalue weighted by atomic mass is 16.5. The summed E-state index contributed by atoms with van der Waals surface area (Å²) in [4.78, 5) is 22.5. The van der Waals surface area contributed by atoms with Gasteiger partial charge in [0.25, 0.3) is 0 Å². The minimum atomic E-state index is -1.00. The predicted molar refractivity (Wildman–Crippen MR) is 81.0 cm³/mol. The van der Waals surface area contributed by atoms with Crippen LogP contribution in [0.25, 0.3) is 6.08 Å². The number of methoxy groups -OCH3 is 1. The first-order chi connectivity index (χ1) is 9.93. The van der Waals surface area contributed by atoms with E-state index in [0.29, 0.717) is 11.3 Å². The number of rotatable bonds is 7. The lowest BCUT2D eigenvalue weighted by molar-refractivity contribution is -0.132. The first-order valence-corrected chi connectivity index (χ1v) is 6.45. The Morgan fingerprint density at radius 2 is 1.95 bits per heavy atom. The van der Waals surface area contributed by atoms with E-state index in [1.54, 1.807) is 44.4 Å². The summed E-state index contributed by atoms with van der Waals surface area (Å²) >= 11 is 0. The van der Waals surface area contributed by atoms with Crippen LogP contribution in [0.4, 0.5) is 0 Å². The zero-order valence-electron chi connectivity index (χ0n) is 12.2. The summed E-state index contributed by atoms with van der Waals surface area (Å²) in [6.07, 6.45) is 1.81. The first kappa shape index (κ1) is 16.5. The van der Waals surface area contributed by atoms with Gasteiger partial charge in [0.2, 0.25) is 5.91 Å². The van der Waals surface area contributed by atoms with Gasteiger partial charge in [-0.05, 0) is 37.1 Å². The number of carboxylic acids is 1. The molecule has 0 unspecified atom stereocenters. The normalized spacial score (nSPS) is 10.9. The second-order valence-corrected chi connectivity index (χ2v) is 4.53. The molecule has 1 rings (SSSR count). The number of carboxylic acid groups (broad SMARTS) is 1. The molecular formula is C16H19NO4. The third kappa shape index (κ3) is 5.52. The van der Waals surface area contributed by atoms with Crippen molar-refractivity contribution in [1.29, 1.82) is 0 Å². The Labute approximate surface area is 123 Å². The summed E-state index contributed by atoms with van der Waals surface area (Å²) in [5, 5.41) is 11.8. The summed E-state index contributed by atoms with van der Waals surface area (Å²) in [6, 6.07) is 7.06. The number of hydrogen-bond donors (Lipinski definition) is 2. The SMILES string of the molecule is C=C(C)C(=O)NCC/C(=C\c1ccc(OC)cc1)C(=O)O. The highest BCUT2D eigenvalue weighted by molar-refractivity contribution is 5.93. The molecule has 0 fully saturated rings. The second-order valence-electron chi connectivity index (χ2n) is 4.53. The van der Waals surface area contributed by atoms with E-state index in [1.165, 1.54) is 0 Å². The minimum Gasteiger partial charge on any atom is -0.497 e. The van der Waals surface area contributed by atoms with Gasteiger partial charge in [-0.1, -0.05) is 18.7 Å². The first-order valence-electron chi connectivity index (χ1n) is 6.45. The van der Waals surface area contributed by atoms with E-state index in [1.807, 2.05) is 0 Å². The maximum atomic E-state index is 11.3. The van der Waals surface area contributed by atoms with Crippen LogP contribution in [0, 0.1) is 0 Å². The summed E-state index contributed by atoms with van der Waals surface area (Å²) in [5.74, 6) is -0.572. The third-order valence-corrected chi connectivity index (χ3v) is 2.80. The number of hydrogen-bond acceptors (Lipinski definition) is 3. The van der Waals surface area contributed by atoms with Crippen LogP contribution in [-0.2, 0) is 9.59 Å². The Morgan fingerprint density at radius 3 is 2.43 bits per heavy atom. The largest absolute Gasteiger partial charge is 0.497 e. The third-order valence-electron chi connectivity index (χ3n) is 2.80. The van der Waals surface area contributed by atoms with Gasteiger partial charge in [0, 0.05) is 17.7 Å². The molecule has 5 heteroatoms. The molecule has 0 atom stereocenters. The van der Waals surface area contributed by atoms with Crippen LogP contribution < -0.4 is 10.1 Å². The van der Waals surface area contributed by atoms with E-state index in [9.17, 15) is 14.7 Å². The number of benzene rings is 1. The summed E-state index contributed by atoms with van der Waals surface area (Å²) < 4.78 is 5.04. The van der Waals surface area contributed by atoms with Crippen LogP contribution in [0.5, 0.6) is 5.75 Å². The molecule has 0 radical (unpaired) electrons. The van der Waals surface area contributed by atoms with E-state index in [4.69, 9.17) is 4.74 Å². The maximum Gasteiger partial charge on any atom is 0.331 e. The van der Waals surface area contributed by atoms with E-state index in [-0.39, 0.29) is 24.4 Å². The van der Waals surface area contributed by atoms with E-state index < -0.39 is 5.97 Å². The molecule has 0 aliphatic heterocycles. The Morgan fingerprint density at radius 1 is 1.33 bits per heavy atom. The van der Waals surface area contributed by atoms with Gasteiger partial charge in [-0.2, -0.15) is 0 Å². The lowest BCUT2D eigenvalue weighted by atomic mass is 10.1. The molecule has 0 aliphatic carbocycles. The summed E-state index contributed by atoms with van der Waals surface area (Å²) in [5.41, 5.74) is 1.38. The smallest absolute Gasteiger partial charge is 0.331 e. The number of nitrogens with one attached hydrogen (secondary N) is 1. The van der Waals surface area contributed by atoms with Crippen LogP contribution in [0.15, 0.2) is 42.0 Å². The van der Waals surface area contributed by atoms with Crippen LogP contribution in [0.1, 0.15) is 18.9 Å². The molecule has 0 spiro atoms. The van der Waals surface area contributed by atoms with Crippen molar-refractivity contribution in [1.82, 2.24) is 5.32 Å². The van der Waals surface area contributed by atoms with Gasteiger partial charge in [0.15, 0.2) is 0 Å². The van der Waals surface area contributed by atoms with Gasteiger partial charge in [-0.3, -0.25) is 4.79 Å². The molecule has 0 aromatic heterocycles. The van der Waals surface area contributed by atoms with Crippen molar-refractivity contribution in [2.24, 2.45) is 0 Å². The lowest BCUT2D eigenvalue weighted by Gasteiger charge is -2.06. The van der Waals surface area contributed by atoms with E-state index in [0.717, 1.165) is 5.56 Å². The minimum absolute atomic E-state index is 0.224. The predicted octanol–water partition coefficient (Wildman–Crippen LogP) is 2.25. The summed E-state index contributed by atoms with van der Waals surface area (Å²) in [6.45, 7) is 5.36. The topological polar surface area (TPSA) is 75.6 Å². The van der Waals surface area contributed by atoms with Crippen molar-refractivity contribution in [3.8, 4) is 5.75 Å². The molecule has 0 bridgehead atoms. The Hall–Kier alpha value is -2.56. The molecule has 1 amide bonds. The van der Waals surface area contributed by atoms with Crippen LogP contribution >= 0.6 is 0 Å². The quantitative estimate of drug-likeness (QED) is 0.755. The van der Waals surface area contributed by atoms with Crippen molar-refractivity contribution in [2.75, 3.05) is 13.7 Å². The molecule has 0 saturated carbocycles. The highest BCUT2D eigenvalue weighted by Crippen LogP contribution is 2.15. The zero-order chi connectivity index (χ0) is 15.8. The van der Waals surface area contributed by atoms with Crippen molar-refractivity contribution >= 4 is 18.0 Å². The Bertz CT molecular complexity index is 558. The highest BCUT2D eigenvalue weighted by Gasteiger charge is 2.08. The number of ether oxygens (including phenoxy) is 1. The fourth-order valence-electron chi connectivity index (χ4n) is 1.60. The van der Waals surface area contributed by atoms with Gasteiger partial charge in [-0.15, -0.1) is 0 Å². The second kappa shape index (κ2) is 7.89. The van der Waals surface area contributed by atoms with E-state index >= 15 is 0 Å². The molecule has 21 heavy (non-hydrogen) atoms. The average Bonchev–Trinajstić information content (AvgIpc) is 2.46. The van der Waals surface area contributed by atoms with Gasteiger partial charge in [-0.25, -0.2) is 4.79 Å². The number of carbonyl (C=O) groups excluding carboxylic acids is 1. The molecule has 0 aliphatic rings. The van der Waals surface area contributed by atoms with Crippen molar-refractivity contribution in [3.63, 3.8) is 0 Å². The van der Waals surface area contributed by atoms with Gasteiger partial charge < -0.3 is 15.2 Å². The molecule has 1 aromatic carbocycles. The van der Waals surface area contributed by atoms with Gasteiger partial charge >= 0.3 is 5.97 Å². The van der Waals surface area contributed by atoms with Crippen LogP contribution in [-0.4, -0.2) is 30.6 Å². The zero-order valence-corrected chi connectivity index (χ0v) is 12.2. The molecular weight excluding hydrogens is 270 g/mol. The van der Waals surface area contributed by atoms with Gasteiger partial charge in [0.1, 0.15) is 5.75 Å². The fourth-order valence-corrected chi connectivity index (χ4v) is 1.60. The number of carbonyl (C=O) groups is 2. The fraction of sp³-hybridized carbons (Fsp3) is 0.250. The van der Waals surface area contributed by atoms with Crippen molar-refractivity contribution < 1.29 is 19.4 Å². The molecule has 112 valence electrons. The number of amides is 1. The Kier molecular flexibility index (Phi) is 6.20. The lowest BCUT2D eigenvalue weighted by Crippen LogP contribution is -2.25. The maximum absolute atomic E-state index is 11.3. The molecule has 0 saturated heterocycles. The summed E-state index contributed by atoms with van der Waals surface area (Å²) in [7, 11) is 1.57. The molecule has 2 N–H and O–H groups in total. The number of aliphatic carboxylic acids is 1. The average molecular weight is 289 g/mol. The standard InChI is InChI=1S/C16H19NO4/c1-11(2)15(18)17-9-8-13(16(19)20)10-12-4-6-14(21-3)7-5-12/h4-7,10H,1,8-9H2,2-3H3,(H,17,18)(H,19,20)/b13-10+. The van der Waals surface area contributed by atoms with Crippen LogP contribution in [0.2, 0.25) is 0 Å². The molecule has 5 nitrogen and oxygen atoms in total. The van der Waals surface area contributed by atoms with E-state index in [2.05, 4.69) is 11.9 Å². The van der Waals surface area contributed by atoms with Crippen molar-refractivity contribution in [3.05, 3.63) is 47.6 Å². The molecule has 1 aromatic rings. The monoisotopic (exact) mass is 289 g/mol. The van der Waals surface area contributed by atoms with Gasteiger partial charge in [0.05, 0.1) is 7.11 Å². The Balaban J connectivity index is 2.71. The molecule has 0 heterocycles. The van der Waals surface area contributed by atoms with Crippen LogP contribution in [0.3, 0.4) is 0 Å².